The van der Waals surface area contributed by atoms with E-state index >= 15 is 0 Å². The van der Waals surface area contributed by atoms with Crippen LogP contribution in [0.1, 0.15) is 44.2 Å². The van der Waals surface area contributed by atoms with Crippen LogP contribution in [0.3, 0.4) is 0 Å². The van der Waals surface area contributed by atoms with Crippen molar-refractivity contribution < 1.29 is 14.4 Å². The van der Waals surface area contributed by atoms with Gasteiger partial charge in [0.2, 0.25) is 11.8 Å². The number of piperidine rings is 1. The average molecular weight is 518 g/mol. The first kappa shape index (κ1) is 26.2. The summed E-state index contributed by atoms with van der Waals surface area (Å²) in [5.74, 6) is 0.0710. The fourth-order valence-corrected chi connectivity index (χ4v) is 6.14. The fraction of sp³-hybridized carbons (Fsp3) is 0.500. The molecule has 0 bridgehead atoms. The van der Waals surface area contributed by atoms with E-state index in [1.54, 1.807) is 4.90 Å². The number of likely N-dealkylation sites (N-methyl/N-ethyl adjacent to an activating group) is 1. The van der Waals surface area contributed by atoms with Gasteiger partial charge in [-0.3, -0.25) is 9.59 Å². The second-order valence-corrected chi connectivity index (χ2v) is 11.3. The molecule has 2 aromatic rings. The lowest BCUT2D eigenvalue weighted by atomic mass is 9.86. The normalized spacial score (nSPS) is 21.9. The monoisotopic (exact) mass is 517 g/mol. The standard InChI is InChI=1S/C30H39N5O3/c1-30(2)24-11-7-8-12-26(24)35(28(30)37)23-14-17-33(18-15-23)27(36)25(19-21-9-5-4-6-10-21)32-29(38)34-16-13-22(20-34)31-3/h4-12,22-23,25,31H,13-20H2,1-3H3,(H,32,38)/t22-,25-/m0/s1. The van der Waals surface area contributed by atoms with Crippen molar-refractivity contribution in [2.24, 2.45) is 0 Å². The number of amides is 4. The molecule has 0 spiro atoms. The van der Waals surface area contributed by atoms with Crippen LogP contribution < -0.4 is 15.5 Å². The number of anilines is 1. The van der Waals surface area contributed by atoms with E-state index in [1.165, 1.54) is 0 Å². The molecule has 8 nitrogen and oxygen atoms in total. The van der Waals surface area contributed by atoms with E-state index in [0.29, 0.717) is 45.4 Å². The zero-order valence-corrected chi connectivity index (χ0v) is 22.7. The predicted octanol–water partition coefficient (Wildman–Crippen LogP) is 2.92. The van der Waals surface area contributed by atoms with Crippen molar-refractivity contribution in [3.63, 3.8) is 0 Å². The van der Waals surface area contributed by atoms with Gasteiger partial charge in [-0.25, -0.2) is 4.79 Å². The fourth-order valence-electron chi connectivity index (χ4n) is 6.14. The summed E-state index contributed by atoms with van der Waals surface area (Å²) >= 11 is 0. The number of para-hydroxylation sites is 1. The van der Waals surface area contributed by atoms with Gasteiger partial charge in [-0.2, -0.15) is 0 Å². The zero-order chi connectivity index (χ0) is 26.9. The summed E-state index contributed by atoms with van der Waals surface area (Å²) in [6, 6.07) is 17.4. The van der Waals surface area contributed by atoms with E-state index in [-0.39, 0.29) is 29.9 Å². The first-order chi connectivity index (χ1) is 18.3. The minimum Gasteiger partial charge on any atom is -0.341 e. The van der Waals surface area contributed by atoms with Gasteiger partial charge in [0, 0.05) is 50.4 Å². The van der Waals surface area contributed by atoms with Crippen LogP contribution in [0.4, 0.5) is 10.5 Å². The van der Waals surface area contributed by atoms with Crippen LogP contribution in [-0.4, -0.2) is 79.0 Å². The lowest BCUT2D eigenvalue weighted by Crippen LogP contribution is -2.56. The Balaban J connectivity index is 1.27. The van der Waals surface area contributed by atoms with E-state index < -0.39 is 11.5 Å². The maximum Gasteiger partial charge on any atom is 0.318 e. The number of carbonyl (C=O) groups is 3. The largest absolute Gasteiger partial charge is 0.341 e. The third kappa shape index (κ3) is 5.01. The third-order valence-electron chi connectivity index (χ3n) is 8.49. The van der Waals surface area contributed by atoms with Crippen LogP contribution in [0, 0.1) is 0 Å². The third-order valence-corrected chi connectivity index (χ3v) is 8.49. The molecule has 0 aliphatic carbocycles. The number of rotatable bonds is 6. The maximum atomic E-state index is 13.8. The van der Waals surface area contributed by atoms with E-state index in [2.05, 4.69) is 10.6 Å². The molecule has 3 aliphatic heterocycles. The highest BCUT2D eigenvalue weighted by Crippen LogP contribution is 2.43. The van der Waals surface area contributed by atoms with Gasteiger partial charge in [0.1, 0.15) is 6.04 Å². The highest BCUT2D eigenvalue weighted by molar-refractivity contribution is 6.08. The molecule has 3 heterocycles. The Morgan fingerprint density at radius 2 is 1.61 bits per heavy atom. The van der Waals surface area contributed by atoms with Crippen LogP contribution in [0.15, 0.2) is 54.6 Å². The number of benzene rings is 2. The summed E-state index contributed by atoms with van der Waals surface area (Å²) in [6.45, 7) is 6.41. The summed E-state index contributed by atoms with van der Waals surface area (Å²) in [6.07, 6.45) is 2.78. The summed E-state index contributed by atoms with van der Waals surface area (Å²) in [5.41, 5.74) is 2.52. The number of likely N-dealkylation sites (tertiary alicyclic amines) is 2. The molecule has 0 unspecified atom stereocenters. The number of hydrogen-bond donors (Lipinski definition) is 2. The van der Waals surface area contributed by atoms with Crippen molar-refractivity contribution >= 4 is 23.5 Å². The van der Waals surface area contributed by atoms with Crippen molar-refractivity contribution in [2.75, 3.05) is 38.1 Å². The first-order valence-corrected chi connectivity index (χ1v) is 13.8. The summed E-state index contributed by atoms with van der Waals surface area (Å²) in [5, 5.41) is 6.28. The van der Waals surface area contributed by atoms with Gasteiger partial charge in [0.25, 0.3) is 0 Å². The second kappa shape index (κ2) is 10.8. The molecule has 5 rings (SSSR count). The topological polar surface area (TPSA) is 85.0 Å². The van der Waals surface area contributed by atoms with Gasteiger partial charge >= 0.3 is 6.03 Å². The molecule has 3 aliphatic rings. The summed E-state index contributed by atoms with van der Waals surface area (Å²) in [4.78, 5) is 45.9. The van der Waals surface area contributed by atoms with Crippen molar-refractivity contribution in [3.8, 4) is 0 Å². The van der Waals surface area contributed by atoms with Crippen molar-refractivity contribution in [1.82, 2.24) is 20.4 Å². The molecule has 2 aromatic carbocycles. The van der Waals surface area contributed by atoms with Crippen LogP contribution >= 0.6 is 0 Å². The number of fused-ring (bicyclic) bond motifs is 1. The molecule has 202 valence electrons. The van der Waals surface area contributed by atoms with Gasteiger partial charge in [0.05, 0.1) is 5.41 Å². The van der Waals surface area contributed by atoms with Gasteiger partial charge in [-0.15, -0.1) is 0 Å². The number of carbonyl (C=O) groups excluding carboxylic acids is 3. The quantitative estimate of drug-likeness (QED) is 0.617. The Labute approximate surface area is 225 Å². The van der Waals surface area contributed by atoms with Gasteiger partial charge in [-0.05, 0) is 57.4 Å². The van der Waals surface area contributed by atoms with Gasteiger partial charge < -0.3 is 25.3 Å². The number of hydrogen-bond acceptors (Lipinski definition) is 4. The highest BCUT2D eigenvalue weighted by Gasteiger charge is 2.47. The Hall–Kier alpha value is -3.39. The number of nitrogens with zero attached hydrogens (tertiary/aromatic N) is 3. The van der Waals surface area contributed by atoms with Crippen LogP contribution in [0.5, 0.6) is 0 Å². The molecule has 4 amide bonds. The van der Waals surface area contributed by atoms with E-state index in [1.807, 2.05) is 85.3 Å². The van der Waals surface area contributed by atoms with E-state index in [9.17, 15) is 14.4 Å². The summed E-state index contributed by atoms with van der Waals surface area (Å²) in [7, 11) is 1.91. The predicted molar refractivity (Wildman–Crippen MR) is 148 cm³/mol. The number of nitrogens with one attached hydrogen (secondary N) is 2. The molecular weight excluding hydrogens is 478 g/mol. The molecule has 0 aromatic heterocycles. The number of urea groups is 1. The molecule has 8 heteroatoms. The first-order valence-electron chi connectivity index (χ1n) is 13.8. The van der Waals surface area contributed by atoms with Crippen molar-refractivity contribution in [2.45, 2.75) is 63.1 Å². The maximum absolute atomic E-state index is 13.8. The Bertz CT molecular complexity index is 1180. The van der Waals surface area contributed by atoms with E-state index in [4.69, 9.17) is 0 Å². The molecule has 2 atom stereocenters. The minimum atomic E-state index is -0.636. The van der Waals surface area contributed by atoms with Crippen LogP contribution in [0.25, 0.3) is 0 Å². The minimum absolute atomic E-state index is 0.0553. The molecule has 2 fully saturated rings. The Morgan fingerprint density at radius 3 is 2.29 bits per heavy atom. The molecular formula is C30H39N5O3. The molecule has 2 saturated heterocycles. The van der Waals surface area contributed by atoms with E-state index in [0.717, 1.165) is 23.2 Å². The molecule has 0 radical (unpaired) electrons. The smallest absolute Gasteiger partial charge is 0.318 e. The highest BCUT2D eigenvalue weighted by atomic mass is 16.2. The van der Waals surface area contributed by atoms with Gasteiger partial charge in [-0.1, -0.05) is 48.5 Å². The lowest BCUT2D eigenvalue weighted by Gasteiger charge is -2.39. The molecule has 0 saturated carbocycles. The Morgan fingerprint density at radius 1 is 0.947 bits per heavy atom. The zero-order valence-electron chi connectivity index (χ0n) is 22.7. The average Bonchev–Trinajstić information content (AvgIpc) is 3.50. The second-order valence-electron chi connectivity index (χ2n) is 11.3. The van der Waals surface area contributed by atoms with Crippen molar-refractivity contribution in [1.29, 1.82) is 0 Å². The van der Waals surface area contributed by atoms with Crippen molar-refractivity contribution in [3.05, 3.63) is 65.7 Å². The van der Waals surface area contributed by atoms with Crippen LogP contribution in [0.2, 0.25) is 0 Å². The Kier molecular flexibility index (Phi) is 7.43. The lowest BCUT2D eigenvalue weighted by molar-refractivity contribution is -0.134. The van der Waals surface area contributed by atoms with Gasteiger partial charge in [0.15, 0.2) is 0 Å². The molecule has 38 heavy (non-hydrogen) atoms. The molecule has 2 N–H and O–H groups in total. The van der Waals surface area contributed by atoms with Crippen LogP contribution in [-0.2, 0) is 21.4 Å². The SMILES string of the molecule is CN[C@H]1CCN(C(=O)N[C@@H](Cc2ccccc2)C(=O)N2CCC(N3C(=O)C(C)(C)c4ccccc43)CC2)C1. The summed E-state index contributed by atoms with van der Waals surface area (Å²) < 4.78 is 0.